The number of amides is 1. The number of aliphatic hydroxyl groups is 1. The minimum Gasteiger partial charge on any atom is -0.479 e. The van der Waals surface area contributed by atoms with Crippen molar-refractivity contribution in [3.63, 3.8) is 0 Å². The summed E-state index contributed by atoms with van der Waals surface area (Å²) in [6, 6.07) is 8.85. The molecule has 0 saturated carbocycles. The average molecular weight is 501 g/mol. The first-order valence-electron chi connectivity index (χ1n) is 10.1. The van der Waals surface area contributed by atoms with Crippen molar-refractivity contribution in [3.05, 3.63) is 63.7 Å². The van der Waals surface area contributed by atoms with Gasteiger partial charge in [-0.05, 0) is 42.5 Å². The summed E-state index contributed by atoms with van der Waals surface area (Å²) >= 11 is 0. The highest BCUT2D eigenvalue weighted by Crippen LogP contribution is 2.46. The Morgan fingerprint density at radius 3 is 2.24 bits per heavy atom. The standard InChI is InChI=1S/C22H22F3NO7S/c1-4-21(30,20(28)29)17-13(3)16-15(12(2)18(17)33-34(31,32)22(23,24)25)11-26(19(16)27)10-14-8-6-5-7-9-14/h5-9,30H,4,10-11H2,1-3H3,(H,28,29). The van der Waals surface area contributed by atoms with Crippen molar-refractivity contribution in [2.75, 3.05) is 0 Å². The number of halogens is 3. The van der Waals surface area contributed by atoms with Crippen LogP contribution in [-0.2, 0) is 33.6 Å². The van der Waals surface area contributed by atoms with Gasteiger partial charge in [-0.25, -0.2) is 4.79 Å². The summed E-state index contributed by atoms with van der Waals surface area (Å²) in [7, 11) is -6.20. The number of aliphatic carboxylic acids is 1. The van der Waals surface area contributed by atoms with Gasteiger partial charge in [-0.15, -0.1) is 0 Å². The molecule has 0 aromatic heterocycles. The number of alkyl halides is 3. The van der Waals surface area contributed by atoms with E-state index in [1.165, 1.54) is 25.7 Å². The molecule has 2 aromatic carbocycles. The van der Waals surface area contributed by atoms with Crippen LogP contribution in [-0.4, -0.2) is 40.9 Å². The highest BCUT2D eigenvalue weighted by molar-refractivity contribution is 7.88. The second-order valence-corrected chi connectivity index (χ2v) is 9.49. The van der Waals surface area contributed by atoms with Crippen molar-refractivity contribution in [3.8, 4) is 5.75 Å². The maximum Gasteiger partial charge on any atom is 0.534 e. The summed E-state index contributed by atoms with van der Waals surface area (Å²) in [5.41, 5.74) is -8.71. The quantitative estimate of drug-likeness (QED) is 0.441. The van der Waals surface area contributed by atoms with Crippen LogP contribution in [0.15, 0.2) is 30.3 Å². The Hall–Kier alpha value is -3.12. The molecule has 0 spiro atoms. The molecule has 1 atom stereocenters. The minimum absolute atomic E-state index is 0.00619. The number of carboxylic acid groups (broad SMARTS) is 1. The molecule has 34 heavy (non-hydrogen) atoms. The molecule has 0 bridgehead atoms. The van der Waals surface area contributed by atoms with Gasteiger partial charge in [0.25, 0.3) is 5.91 Å². The molecule has 184 valence electrons. The molecule has 2 N–H and O–H groups in total. The van der Waals surface area contributed by atoms with Crippen molar-refractivity contribution >= 4 is 22.0 Å². The van der Waals surface area contributed by atoms with Gasteiger partial charge in [0.1, 0.15) is 0 Å². The molecule has 0 radical (unpaired) electrons. The number of nitrogens with zero attached hydrogens (tertiary/aromatic N) is 1. The molecule has 1 heterocycles. The number of hydrogen-bond acceptors (Lipinski definition) is 6. The summed E-state index contributed by atoms with van der Waals surface area (Å²) in [4.78, 5) is 26.6. The SMILES string of the molecule is CCC(O)(C(=O)O)c1c(C)c2c(c(C)c1OS(=O)(=O)C(F)(F)F)CN(Cc1ccccc1)C2=O. The van der Waals surface area contributed by atoms with E-state index in [0.29, 0.717) is 0 Å². The number of rotatable bonds is 7. The monoisotopic (exact) mass is 501 g/mol. The van der Waals surface area contributed by atoms with E-state index in [4.69, 9.17) is 0 Å². The lowest BCUT2D eigenvalue weighted by atomic mass is 9.82. The van der Waals surface area contributed by atoms with E-state index in [1.807, 2.05) is 0 Å². The Labute approximate surface area is 193 Å². The van der Waals surface area contributed by atoms with Gasteiger partial charge in [-0.1, -0.05) is 37.3 Å². The Kier molecular flexibility index (Phi) is 6.44. The Balaban J connectivity index is 2.26. The Bertz CT molecular complexity index is 1260. The highest BCUT2D eigenvalue weighted by Gasteiger charge is 2.51. The lowest BCUT2D eigenvalue weighted by Crippen LogP contribution is -2.38. The molecular weight excluding hydrogens is 479 g/mol. The fraction of sp³-hybridized carbons (Fsp3) is 0.364. The lowest BCUT2D eigenvalue weighted by molar-refractivity contribution is -0.160. The van der Waals surface area contributed by atoms with E-state index >= 15 is 0 Å². The number of fused-ring (bicyclic) bond motifs is 1. The summed E-state index contributed by atoms with van der Waals surface area (Å²) in [5.74, 6) is -3.32. The van der Waals surface area contributed by atoms with Gasteiger partial charge >= 0.3 is 21.6 Å². The van der Waals surface area contributed by atoms with Crippen LogP contribution >= 0.6 is 0 Å². The third-order valence-electron chi connectivity index (χ3n) is 5.89. The molecule has 1 amide bonds. The molecule has 2 aromatic rings. The largest absolute Gasteiger partial charge is 0.534 e. The first-order valence-corrected chi connectivity index (χ1v) is 11.5. The zero-order valence-corrected chi connectivity index (χ0v) is 19.2. The van der Waals surface area contributed by atoms with Crippen LogP contribution in [0.5, 0.6) is 5.75 Å². The van der Waals surface area contributed by atoms with E-state index in [9.17, 15) is 41.4 Å². The van der Waals surface area contributed by atoms with Gasteiger partial charge < -0.3 is 19.3 Å². The Morgan fingerprint density at radius 2 is 1.74 bits per heavy atom. The molecule has 1 unspecified atom stereocenters. The Morgan fingerprint density at radius 1 is 1.15 bits per heavy atom. The molecule has 0 aliphatic carbocycles. The third-order valence-corrected chi connectivity index (χ3v) is 6.85. The second-order valence-electron chi connectivity index (χ2n) is 7.96. The summed E-state index contributed by atoms with van der Waals surface area (Å²) < 4.78 is 67.4. The number of benzene rings is 2. The van der Waals surface area contributed by atoms with Crippen molar-refractivity contribution < 1.29 is 45.6 Å². The van der Waals surface area contributed by atoms with Crippen molar-refractivity contribution in [1.29, 1.82) is 0 Å². The zero-order valence-electron chi connectivity index (χ0n) is 18.4. The number of carbonyl (C=O) groups is 2. The van der Waals surface area contributed by atoms with Crippen LogP contribution in [0.1, 0.15) is 51.5 Å². The molecule has 1 aliphatic heterocycles. The van der Waals surface area contributed by atoms with E-state index in [2.05, 4.69) is 4.18 Å². The van der Waals surface area contributed by atoms with Crippen molar-refractivity contribution in [2.24, 2.45) is 0 Å². The number of carbonyl (C=O) groups excluding carboxylic acids is 1. The van der Waals surface area contributed by atoms with Gasteiger partial charge in [0, 0.05) is 24.2 Å². The lowest BCUT2D eigenvalue weighted by Gasteiger charge is -2.29. The predicted octanol–water partition coefficient (Wildman–Crippen LogP) is 3.37. The van der Waals surface area contributed by atoms with Crippen LogP contribution in [0.2, 0.25) is 0 Å². The molecule has 12 heteroatoms. The van der Waals surface area contributed by atoms with Gasteiger partial charge in [0.05, 0.1) is 0 Å². The van der Waals surface area contributed by atoms with E-state index in [1.54, 1.807) is 30.3 Å². The maximum absolute atomic E-state index is 13.2. The molecular formula is C22H22F3NO7S. The highest BCUT2D eigenvalue weighted by atomic mass is 32.2. The molecule has 8 nitrogen and oxygen atoms in total. The smallest absolute Gasteiger partial charge is 0.479 e. The van der Waals surface area contributed by atoms with Crippen molar-refractivity contribution in [2.45, 2.75) is 51.4 Å². The molecule has 0 fully saturated rings. The first-order chi connectivity index (χ1) is 15.7. The summed E-state index contributed by atoms with van der Waals surface area (Å²) in [5, 5.41) is 20.6. The second kappa shape index (κ2) is 8.58. The molecule has 1 aliphatic rings. The van der Waals surface area contributed by atoms with Crippen LogP contribution in [0.25, 0.3) is 0 Å². The zero-order chi connectivity index (χ0) is 25.6. The van der Waals surface area contributed by atoms with Gasteiger partial charge in [-0.3, -0.25) is 4.79 Å². The van der Waals surface area contributed by atoms with Gasteiger partial charge in [-0.2, -0.15) is 21.6 Å². The van der Waals surface area contributed by atoms with Gasteiger partial charge in [0.2, 0.25) is 0 Å². The molecule has 3 rings (SSSR count). The van der Waals surface area contributed by atoms with Crippen LogP contribution in [0.4, 0.5) is 13.2 Å². The topological polar surface area (TPSA) is 121 Å². The number of carboxylic acids is 1. The molecule has 0 saturated heterocycles. The first kappa shape index (κ1) is 25.5. The van der Waals surface area contributed by atoms with Gasteiger partial charge in [0.15, 0.2) is 11.4 Å². The van der Waals surface area contributed by atoms with Crippen LogP contribution in [0.3, 0.4) is 0 Å². The van der Waals surface area contributed by atoms with Crippen LogP contribution in [0, 0.1) is 13.8 Å². The van der Waals surface area contributed by atoms with E-state index in [0.717, 1.165) is 5.56 Å². The normalized spacial score (nSPS) is 15.7. The minimum atomic E-state index is -6.20. The maximum atomic E-state index is 13.2. The summed E-state index contributed by atoms with van der Waals surface area (Å²) in [6.07, 6.45) is -0.536. The number of hydrogen-bond donors (Lipinski definition) is 2. The van der Waals surface area contributed by atoms with Crippen LogP contribution < -0.4 is 4.18 Å². The van der Waals surface area contributed by atoms with E-state index < -0.39 is 50.8 Å². The predicted molar refractivity (Wildman–Crippen MR) is 113 cm³/mol. The average Bonchev–Trinajstić information content (AvgIpc) is 3.07. The van der Waals surface area contributed by atoms with E-state index in [-0.39, 0.29) is 35.3 Å². The fourth-order valence-corrected chi connectivity index (χ4v) is 4.59. The fourth-order valence-electron chi connectivity index (χ4n) is 4.07. The summed E-state index contributed by atoms with van der Waals surface area (Å²) in [6.45, 7) is 3.79. The van der Waals surface area contributed by atoms with Crippen molar-refractivity contribution in [1.82, 2.24) is 4.90 Å². The third kappa shape index (κ3) is 4.11.